The van der Waals surface area contributed by atoms with Crippen LogP contribution in [0, 0.1) is 0 Å². The van der Waals surface area contributed by atoms with Crippen molar-refractivity contribution < 1.29 is 9.53 Å². The van der Waals surface area contributed by atoms with Gasteiger partial charge in [-0.1, -0.05) is 76.9 Å². The molecule has 0 aliphatic carbocycles. The fourth-order valence-corrected chi connectivity index (χ4v) is 2.48. The molecular formula is C19H36O2. The van der Waals surface area contributed by atoms with Gasteiger partial charge in [0.15, 0.2) is 0 Å². The van der Waals surface area contributed by atoms with Crippen LogP contribution in [0.5, 0.6) is 0 Å². The SMILES string of the molecule is CCCCCCCCCC=CCCCCCCCOC=O. The molecule has 124 valence electrons. The lowest BCUT2D eigenvalue weighted by Crippen LogP contribution is -1.91. The first-order valence-electron chi connectivity index (χ1n) is 9.12. The van der Waals surface area contributed by atoms with Crippen molar-refractivity contribution in [2.75, 3.05) is 6.61 Å². The number of hydrogen-bond donors (Lipinski definition) is 0. The minimum Gasteiger partial charge on any atom is -0.468 e. The smallest absolute Gasteiger partial charge is 0.293 e. The Morgan fingerprint density at radius 3 is 1.67 bits per heavy atom. The first kappa shape index (κ1) is 20.2. The molecule has 0 amide bonds. The molecule has 0 bridgehead atoms. The van der Waals surface area contributed by atoms with Crippen LogP contribution >= 0.6 is 0 Å². The lowest BCUT2D eigenvalue weighted by atomic mass is 10.1. The van der Waals surface area contributed by atoms with E-state index >= 15 is 0 Å². The maximum Gasteiger partial charge on any atom is 0.293 e. The Morgan fingerprint density at radius 1 is 0.667 bits per heavy atom. The van der Waals surface area contributed by atoms with Crippen molar-refractivity contribution >= 4 is 6.47 Å². The Hall–Kier alpha value is -0.790. The zero-order valence-electron chi connectivity index (χ0n) is 14.2. The predicted octanol–water partition coefficient (Wildman–Crippen LogP) is 6.20. The summed E-state index contributed by atoms with van der Waals surface area (Å²) in [6.45, 7) is 3.39. The first-order chi connectivity index (χ1) is 10.4. The van der Waals surface area contributed by atoms with Gasteiger partial charge in [-0.3, -0.25) is 4.79 Å². The molecule has 2 heteroatoms. The Morgan fingerprint density at radius 2 is 1.14 bits per heavy atom. The van der Waals surface area contributed by atoms with Crippen LogP contribution in [0.2, 0.25) is 0 Å². The second-order valence-corrected chi connectivity index (χ2v) is 5.90. The van der Waals surface area contributed by atoms with E-state index in [0.717, 1.165) is 6.42 Å². The molecule has 0 heterocycles. The number of ether oxygens (including phenoxy) is 1. The average Bonchev–Trinajstić information content (AvgIpc) is 2.50. The summed E-state index contributed by atoms with van der Waals surface area (Å²) in [6.07, 6.45) is 23.0. The third kappa shape index (κ3) is 19.2. The van der Waals surface area contributed by atoms with E-state index in [1.165, 1.54) is 83.5 Å². The number of rotatable bonds is 17. The highest BCUT2D eigenvalue weighted by Gasteiger charge is 1.91. The molecule has 0 radical (unpaired) electrons. The van der Waals surface area contributed by atoms with Crippen molar-refractivity contribution in [1.82, 2.24) is 0 Å². The van der Waals surface area contributed by atoms with Gasteiger partial charge < -0.3 is 4.74 Å². The van der Waals surface area contributed by atoms with Crippen LogP contribution < -0.4 is 0 Å². The third-order valence-corrected chi connectivity index (χ3v) is 3.84. The summed E-state index contributed by atoms with van der Waals surface area (Å²) in [6, 6.07) is 0. The molecule has 0 aliphatic heterocycles. The summed E-state index contributed by atoms with van der Waals surface area (Å²) in [5, 5.41) is 0. The number of carbonyl (C=O) groups excluding carboxylic acids is 1. The zero-order valence-corrected chi connectivity index (χ0v) is 14.2. The van der Waals surface area contributed by atoms with Crippen LogP contribution in [-0.4, -0.2) is 13.1 Å². The zero-order chi connectivity index (χ0) is 15.4. The molecule has 0 N–H and O–H groups in total. The summed E-state index contributed by atoms with van der Waals surface area (Å²) < 4.78 is 4.66. The van der Waals surface area contributed by atoms with Crippen molar-refractivity contribution in [2.45, 2.75) is 96.8 Å². The largest absolute Gasteiger partial charge is 0.468 e. The highest BCUT2D eigenvalue weighted by Crippen LogP contribution is 2.09. The second-order valence-electron chi connectivity index (χ2n) is 5.90. The summed E-state index contributed by atoms with van der Waals surface area (Å²) in [5.74, 6) is 0. The molecule has 0 saturated heterocycles. The van der Waals surface area contributed by atoms with E-state index in [4.69, 9.17) is 0 Å². The molecule has 0 spiro atoms. The van der Waals surface area contributed by atoms with Gasteiger partial charge in [-0.05, 0) is 32.1 Å². The average molecular weight is 296 g/mol. The van der Waals surface area contributed by atoms with Crippen LogP contribution in [0.3, 0.4) is 0 Å². The summed E-state index contributed by atoms with van der Waals surface area (Å²) in [7, 11) is 0. The van der Waals surface area contributed by atoms with Gasteiger partial charge in [-0.25, -0.2) is 0 Å². The molecule has 0 aromatic heterocycles. The minimum atomic E-state index is 0.538. The van der Waals surface area contributed by atoms with Crippen molar-refractivity contribution in [3.05, 3.63) is 12.2 Å². The number of hydrogen-bond acceptors (Lipinski definition) is 2. The van der Waals surface area contributed by atoms with Crippen LogP contribution in [0.25, 0.3) is 0 Å². The van der Waals surface area contributed by atoms with Crippen molar-refractivity contribution in [3.63, 3.8) is 0 Å². The third-order valence-electron chi connectivity index (χ3n) is 3.84. The molecule has 2 nitrogen and oxygen atoms in total. The molecule has 0 rings (SSSR count). The van der Waals surface area contributed by atoms with Gasteiger partial charge >= 0.3 is 0 Å². The van der Waals surface area contributed by atoms with Crippen molar-refractivity contribution in [1.29, 1.82) is 0 Å². The Bertz CT molecular complexity index is 224. The van der Waals surface area contributed by atoms with E-state index < -0.39 is 0 Å². The van der Waals surface area contributed by atoms with Crippen LogP contribution in [-0.2, 0) is 9.53 Å². The molecule has 21 heavy (non-hydrogen) atoms. The van der Waals surface area contributed by atoms with E-state index in [9.17, 15) is 4.79 Å². The van der Waals surface area contributed by atoms with Crippen molar-refractivity contribution in [2.24, 2.45) is 0 Å². The molecular weight excluding hydrogens is 260 g/mol. The fourth-order valence-electron chi connectivity index (χ4n) is 2.48. The van der Waals surface area contributed by atoms with Gasteiger partial charge in [0, 0.05) is 0 Å². The monoisotopic (exact) mass is 296 g/mol. The lowest BCUT2D eigenvalue weighted by molar-refractivity contribution is -0.128. The summed E-state index contributed by atoms with van der Waals surface area (Å²) in [4.78, 5) is 9.94. The maximum absolute atomic E-state index is 9.94. The molecule has 0 aromatic rings. The number of allylic oxidation sites excluding steroid dienone is 2. The van der Waals surface area contributed by atoms with Crippen LogP contribution in [0.4, 0.5) is 0 Å². The van der Waals surface area contributed by atoms with Gasteiger partial charge in [0.25, 0.3) is 6.47 Å². The van der Waals surface area contributed by atoms with Gasteiger partial charge in [0.2, 0.25) is 0 Å². The summed E-state index contributed by atoms with van der Waals surface area (Å²) >= 11 is 0. The van der Waals surface area contributed by atoms with E-state index in [0.29, 0.717) is 13.1 Å². The van der Waals surface area contributed by atoms with Gasteiger partial charge in [-0.2, -0.15) is 0 Å². The van der Waals surface area contributed by atoms with Gasteiger partial charge in [0.1, 0.15) is 0 Å². The molecule has 0 atom stereocenters. The Balaban J connectivity index is 3.03. The highest BCUT2D eigenvalue weighted by atomic mass is 16.5. The molecule has 0 aromatic carbocycles. The molecule has 0 unspecified atom stereocenters. The highest BCUT2D eigenvalue weighted by molar-refractivity contribution is 5.36. The Labute approximate surface area is 132 Å². The minimum absolute atomic E-state index is 0.538. The van der Waals surface area contributed by atoms with E-state index in [-0.39, 0.29) is 0 Å². The first-order valence-corrected chi connectivity index (χ1v) is 9.12. The molecule has 0 fully saturated rings. The van der Waals surface area contributed by atoms with Crippen LogP contribution in [0.15, 0.2) is 12.2 Å². The van der Waals surface area contributed by atoms with Crippen molar-refractivity contribution in [3.8, 4) is 0 Å². The summed E-state index contributed by atoms with van der Waals surface area (Å²) in [5.41, 5.74) is 0. The Kier molecular flexibility index (Phi) is 18.5. The topological polar surface area (TPSA) is 26.3 Å². The van der Waals surface area contributed by atoms with E-state index in [1.807, 2.05) is 0 Å². The normalized spacial score (nSPS) is 11.1. The lowest BCUT2D eigenvalue weighted by Gasteiger charge is -2.00. The van der Waals surface area contributed by atoms with Crippen LogP contribution in [0.1, 0.15) is 96.8 Å². The van der Waals surface area contributed by atoms with E-state index in [2.05, 4.69) is 23.8 Å². The second kappa shape index (κ2) is 19.2. The standard InChI is InChI=1S/C19H36O2/c1-2-3-4-5-6-7-8-9-10-11-12-13-14-15-16-17-18-21-19-20/h10-11,19H,2-9,12-18H2,1H3. The van der Waals surface area contributed by atoms with Gasteiger partial charge in [-0.15, -0.1) is 0 Å². The van der Waals surface area contributed by atoms with E-state index in [1.54, 1.807) is 0 Å². The fraction of sp³-hybridized carbons (Fsp3) is 0.842. The van der Waals surface area contributed by atoms with Gasteiger partial charge in [0.05, 0.1) is 6.61 Å². The predicted molar refractivity (Wildman–Crippen MR) is 91.5 cm³/mol. The molecule has 0 aliphatic rings. The molecule has 0 saturated carbocycles. The maximum atomic E-state index is 9.94. The number of carbonyl (C=O) groups is 1. The quantitative estimate of drug-likeness (QED) is 0.181. The number of unbranched alkanes of at least 4 members (excludes halogenated alkanes) is 12.